The van der Waals surface area contributed by atoms with E-state index < -0.39 is 0 Å². The molecule has 2 aromatic rings. The predicted octanol–water partition coefficient (Wildman–Crippen LogP) is 4.30. The number of hydrogen-bond donors (Lipinski definition) is 0. The molecule has 1 aliphatic carbocycles. The lowest BCUT2D eigenvalue weighted by Crippen LogP contribution is -2.32. The van der Waals surface area contributed by atoms with Crippen molar-refractivity contribution < 1.29 is 0 Å². The smallest absolute Gasteiger partial charge is 0.0822 e. The lowest BCUT2D eigenvalue weighted by Gasteiger charge is -2.36. The molecule has 1 aromatic heterocycles. The Morgan fingerprint density at radius 1 is 1.26 bits per heavy atom. The first kappa shape index (κ1) is 11.5. The molecule has 0 spiro atoms. The van der Waals surface area contributed by atoms with Crippen LogP contribution in [0, 0.1) is 11.3 Å². The molecule has 1 saturated carbocycles. The Hall–Kier alpha value is -1.27. The van der Waals surface area contributed by atoms with E-state index in [-0.39, 0.29) is 5.41 Å². The van der Waals surface area contributed by atoms with Crippen molar-refractivity contribution in [3.05, 3.63) is 33.9 Å². The van der Waals surface area contributed by atoms with E-state index in [1.54, 1.807) is 0 Å². The van der Waals surface area contributed by atoms with E-state index in [2.05, 4.69) is 44.9 Å². The molecule has 0 amide bonds. The molecular formula is C16H15BrN2. The minimum absolute atomic E-state index is 0.205. The van der Waals surface area contributed by atoms with Gasteiger partial charge in [0.25, 0.3) is 0 Å². The molecule has 2 nitrogen and oxygen atoms in total. The van der Waals surface area contributed by atoms with Gasteiger partial charge < -0.3 is 4.57 Å². The number of benzene rings is 1. The highest BCUT2D eigenvalue weighted by Crippen LogP contribution is 2.45. The molecule has 1 fully saturated rings. The van der Waals surface area contributed by atoms with Crippen molar-refractivity contribution in [3.63, 3.8) is 0 Å². The summed E-state index contributed by atoms with van der Waals surface area (Å²) >= 11 is 3.68. The highest BCUT2D eigenvalue weighted by atomic mass is 79.9. The zero-order chi connectivity index (χ0) is 13.0. The van der Waals surface area contributed by atoms with Gasteiger partial charge in [0.1, 0.15) is 0 Å². The Kier molecular flexibility index (Phi) is 2.35. The first-order valence-electron chi connectivity index (χ1n) is 6.96. The lowest BCUT2D eigenvalue weighted by molar-refractivity contribution is 0.324. The molecule has 19 heavy (non-hydrogen) atoms. The maximum atomic E-state index is 9.55. The third-order valence-corrected chi connectivity index (χ3v) is 5.45. The summed E-state index contributed by atoms with van der Waals surface area (Å²) in [5.74, 6) is 0. The molecule has 0 radical (unpaired) electrons. The summed E-state index contributed by atoms with van der Waals surface area (Å²) in [5.41, 5.74) is 3.83. The molecule has 0 unspecified atom stereocenters. The van der Waals surface area contributed by atoms with Crippen LogP contribution in [0.4, 0.5) is 0 Å². The van der Waals surface area contributed by atoms with Crippen LogP contribution in [-0.2, 0) is 18.4 Å². The molecule has 0 bridgehead atoms. The molecular weight excluding hydrogens is 300 g/mol. The number of nitriles is 1. The van der Waals surface area contributed by atoms with E-state index in [4.69, 9.17) is 0 Å². The first-order chi connectivity index (χ1) is 9.23. The summed E-state index contributed by atoms with van der Waals surface area (Å²) < 4.78 is 3.52. The van der Waals surface area contributed by atoms with Crippen molar-refractivity contribution in [1.29, 1.82) is 5.26 Å². The molecule has 0 N–H and O–H groups in total. The zero-order valence-electron chi connectivity index (χ0n) is 10.7. The van der Waals surface area contributed by atoms with Crippen molar-refractivity contribution in [2.24, 2.45) is 0 Å². The molecule has 1 aliphatic heterocycles. The minimum Gasteiger partial charge on any atom is -0.346 e. The number of aryl methyl sites for hydroxylation is 2. The van der Waals surface area contributed by atoms with Crippen molar-refractivity contribution in [2.75, 3.05) is 0 Å². The fourth-order valence-electron chi connectivity index (χ4n) is 3.57. The number of halogens is 1. The van der Waals surface area contributed by atoms with Crippen LogP contribution < -0.4 is 0 Å². The number of nitrogens with zero attached hydrogens (tertiary/aromatic N) is 2. The van der Waals surface area contributed by atoms with Gasteiger partial charge in [0.05, 0.1) is 17.0 Å². The highest BCUT2D eigenvalue weighted by Gasteiger charge is 2.39. The van der Waals surface area contributed by atoms with Gasteiger partial charge in [0.15, 0.2) is 0 Å². The van der Waals surface area contributed by atoms with Gasteiger partial charge in [-0.1, -0.05) is 6.07 Å². The Labute approximate surface area is 121 Å². The second kappa shape index (κ2) is 3.86. The van der Waals surface area contributed by atoms with Crippen LogP contribution in [0.3, 0.4) is 0 Å². The van der Waals surface area contributed by atoms with E-state index in [0.717, 1.165) is 25.8 Å². The monoisotopic (exact) mass is 314 g/mol. The molecule has 96 valence electrons. The summed E-state index contributed by atoms with van der Waals surface area (Å²) in [6.07, 6.45) is 7.76. The van der Waals surface area contributed by atoms with Crippen LogP contribution in [0.25, 0.3) is 10.9 Å². The third kappa shape index (κ3) is 1.47. The molecule has 0 atom stereocenters. The Balaban J connectivity index is 2.01. The molecule has 1 aromatic carbocycles. The van der Waals surface area contributed by atoms with Crippen molar-refractivity contribution >= 4 is 26.8 Å². The van der Waals surface area contributed by atoms with Gasteiger partial charge in [-0.3, -0.25) is 0 Å². The minimum atomic E-state index is -0.205. The highest BCUT2D eigenvalue weighted by molar-refractivity contribution is 9.10. The SMILES string of the molecule is N#CC1(c2cc3c4c(c2)c(Br)cn4CCC3)CCC1. The molecule has 2 heterocycles. The summed E-state index contributed by atoms with van der Waals surface area (Å²) in [4.78, 5) is 0. The fourth-order valence-corrected chi connectivity index (χ4v) is 4.11. The molecule has 2 aliphatic rings. The first-order valence-corrected chi connectivity index (χ1v) is 7.76. The van der Waals surface area contributed by atoms with Gasteiger partial charge in [-0.25, -0.2) is 0 Å². The Bertz CT molecular complexity index is 716. The number of hydrogen-bond acceptors (Lipinski definition) is 1. The summed E-state index contributed by atoms with van der Waals surface area (Å²) in [6.45, 7) is 1.11. The summed E-state index contributed by atoms with van der Waals surface area (Å²) in [6, 6.07) is 7.11. The summed E-state index contributed by atoms with van der Waals surface area (Å²) in [5, 5.41) is 10.8. The third-order valence-electron chi connectivity index (χ3n) is 4.82. The van der Waals surface area contributed by atoms with Crippen LogP contribution in [0.15, 0.2) is 22.8 Å². The number of rotatable bonds is 1. The van der Waals surface area contributed by atoms with Crippen LogP contribution in [0.2, 0.25) is 0 Å². The topological polar surface area (TPSA) is 28.7 Å². The standard InChI is InChI=1S/C16H15BrN2/c17-14-9-19-6-1-3-11-7-12(8-13(14)15(11)19)16(10-18)4-2-5-16/h7-9H,1-6H2. The summed E-state index contributed by atoms with van der Waals surface area (Å²) in [7, 11) is 0. The zero-order valence-corrected chi connectivity index (χ0v) is 12.3. The van der Waals surface area contributed by atoms with Gasteiger partial charge in [-0.05, 0) is 65.2 Å². The second-order valence-electron chi connectivity index (χ2n) is 5.85. The average Bonchev–Trinajstić information content (AvgIpc) is 2.68. The lowest BCUT2D eigenvalue weighted by atomic mass is 9.65. The Morgan fingerprint density at radius 3 is 2.79 bits per heavy atom. The molecule has 4 rings (SSSR count). The van der Waals surface area contributed by atoms with E-state index in [1.807, 2.05) is 0 Å². The molecule has 3 heteroatoms. The maximum absolute atomic E-state index is 9.55. The van der Waals surface area contributed by atoms with E-state index in [9.17, 15) is 5.26 Å². The fraction of sp³-hybridized carbons (Fsp3) is 0.438. The predicted molar refractivity (Wildman–Crippen MR) is 79.1 cm³/mol. The van der Waals surface area contributed by atoms with Gasteiger partial charge in [-0.2, -0.15) is 5.26 Å². The average molecular weight is 315 g/mol. The van der Waals surface area contributed by atoms with Crippen LogP contribution in [0.5, 0.6) is 0 Å². The quantitative estimate of drug-likeness (QED) is 0.771. The van der Waals surface area contributed by atoms with E-state index in [0.29, 0.717) is 0 Å². The van der Waals surface area contributed by atoms with Gasteiger partial charge in [-0.15, -0.1) is 0 Å². The molecule has 0 saturated heterocycles. The van der Waals surface area contributed by atoms with Crippen LogP contribution in [0.1, 0.15) is 36.8 Å². The van der Waals surface area contributed by atoms with Gasteiger partial charge >= 0.3 is 0 Å². The second-order valence-corrected chi connectivity index (χ2v) is 6.71. The van der Waals surface area contributed by atoms with Gasteiger partial charge in [0, 0.05) is 22.6 Å². The maximum Gasteiger partial charge on any atom is 0.0822 e. The van der Waals surface area contributed by atoms with Crippen LogP contribution in [-0.4, -0.2) is 4.57 Å². The largest absolute Gasteiger partial charge is 0.346 e. The normalized spacial score (nSPS) is 20.0. The number of aromatic nitrogens is 1. The Morgan fingerprint density at radius 2 is 2.11 bits per heavy atom. The van der Waals surface area contributed by atoms with Crippen molar-refractivity contribution in [2.45, 2.75) is 44.1 Å². The van der Waals surface area contributed by atoms with Gasteiger partial charge in [0.2, 0.25) is 0 Å². The van der Waals surface area contributed by atoms with Crippen LogP contribution >= 0.6 is 15.9 Å². The van der Waals surface area contributed by atoms with E-state index in [1.165, 1.54) is 39.3 Å². The van der Waals surface area contributed by atoms with Crippen molar-refractivity contribution in [1.82, 2.24) is 4.57 Å². The van der Waals surface area contributed by atoms with E-state index >= 15 is 0 Å². The van der Waals surface area contributed by atoms with Crippen molar-refractivity contribution in [3.8, 4) is 6.07 Å².